The number of hydrazine groups is 1. The average Bonchev–Trinajstić information content (AvgIpc) is 2.65. The number of hydrogen-bond acceptors (Lipinski definition) is 4. The summed E-state index contributed by atoms with van der Waals surface area (Å²) in [6.07, 6.45) is 5.15. The lowest BCUT2D eigenvalue weighted by atomic mass is 10.0. The van der Waals surface area contributed by atoms with Gasteiger partial charge < -0.3 is 0 Å². The van der Waals surface area contributed by atoms with Gasteiger partial charge in [0.15, 0.2) is 0 Å². The molecule has 0 spiro atoms. The van der Waals surface area contributed by atoms with Crippen LogP contribution >= 0.6 is 11.6 Å². The maximum Gasteiger partial charge on any atom is 0.130 e. The van der Waals surface area contributed by atoms with Gasteiger partial charge in [0, 0.05) is 31.0 Å². The highest BCUT2D eigenvalue weighted by molar-refractivity contribution is 6.30. The van der Waals surface area contributed by atoms with E-state index in [2.05, 4.69) is 15.5 Å². The Morgan fingerprint density at radius 1 is 1.47 bits per heavy atom. The van der Waals surface area contributed by atoms with Crippen LogP contribution < -0.4 is 11.3 Å². The monoisotopic (exact) mass is 279 g/mol. The summed E-state index contributed by atoms with van der Waals surface area (Å²) in [7, 11) is 1.84. The molecule has 0 aliphatic rings. The van der Waals surface area contributed by atoms with Gasteiger partial charge in [-0.3, -0.25) is 20.9 Å². The second-order valence-electron chi connectivity index (χ2n) is 4.61. The number of nitrogens with two attached hydrogens (primary N) is 1. The highest BCUT2D eigenvalue weighted by atomic mass is 35.5. The van der Waals surface area contributed by atoms with E-state index >= 15 is 0 Å². The molecule has 19 heavy (non-hydrogen) atoms. The first kappa shape index (κ1) is 14.0. The Bertz CT molecular complexity index is 537. The van der Waals surface area contributed by atoms with Crippen molar-refractivity contribution in [2.75, 3.05) is 0 Å². The van der Waals surface area contributed by atoms with E-state index in [9.17, 15) is 0 Å². The second kappa shape index (κ2) is 6.14. The van der Waals surface area contributed by atoms with Gasteiger partial charge in [-0.25, -0.2) is 0 Å². The van der Waals surface area contributed by atoms with Gasteiger partial charge in [-0.05, 0) is 31.4 Å². The van der Waals surface area contributed by atoms with Crippen molar-refractivity contribution in [1.29, 1.82) is 0 Å². The van der Waals surface area contributed by atoms with Crippen LogP contribution in [0.5, 0.6) is 0 Å². The van der Waals surface area contributed by atoms with Crippen molar-refractivity contribution < 1.29 is 0 Å². The van der Waals surface area contributed by atoms with E-state index in [1.54, 1.807) is 10.9 Å². The second-order valence-corrected chi connectivity index (χ2v) is 4.97. The summed E-state index contributed by atoms with van der Waals surface area (Å²) in [6, 6.07) is 4.06. The fourth-order valence-electron chi connectivity index (χ4n) is 2.15. The summed E-state index contributed by atoms with van der Waals surface area (Å²) < 4.78 is 1.68. The van der Waals surface area contributed by atoms with Crippen molar-refractivity contribution in [2.45, 2.75) is 25.8 Å². The van der Waals surface area contributed by atoms with E-state index in [4.69, 9.17) is 17.4 Å². The van der Waals surface area contributed by atoms with E-state index in [1.165, 1.54) is 0 Å². The number of rotatable bonds is 5. The number of halogens is 1. The largest absolute Gasteiger partial charge is 0.271 e. The highest BCUT2D eigenvalue weighted by Gasteiger charge is 2.16. The average molecular weight is 280 g/mol. The van der Waals surface area contributed by atoms with E-state index in [1.807, 2.05) is 32.3 Å². The lowest BCUT2D eigenvalue weighted by Crippen LogP contribution is -2.38. The molecule has 102 valence electrons. The summed E-state index contributed by atoms with van der Waals surface area (Å²) in [5, 5.41) is 4.98. The van der Waals surface area contributed by atoms with Crippen LogP contribution in [-0.2, 0) is 19.9 Å². The minimum atomic E-state index is 0.101. The van der Waals surface area contributed by atoms with Crippen LogP contribution in [0.15, 0.2) is 24.5 Å². The van der Waals surface area contributed by atoms with E-state index in [-0.39, 0.29) is 6.04 Å². The molecule has 0 bridgehead atoms. The Labute approximate surface area is 117 Å². The fourth-order valence-corrected chi connectivity index (χ4v) is 2.40. The molecule has 0 saturated carbocycles. The van der Waals surface area contributed by atoms with Gasteiger partial charge >= 0.3 is 0 Å². The molecular formula is C13H18ClN5. The number of aryl methyl sites for hydroxylation is 2. The molecule has 1 unspecified atom stereocenters. The zero-order valence-corrected chi connectivity index (χ0v) is 11.9. The Hall–Kier alpha value is -1.43. The summed E-state index contributed by atoms with van der Waals surface area (Å²) in [5.74, 6) is 5.63. The zero-order chi connectivity index (χ0) is 13.8. The van der Waals surface area contributed by atoms with Crippen molar-refractivity contribution in [3.8, 4) is 0 Å². The molecular weight excluding hydrogens is 262 g/mol. The molecule has 0 aliphatic heterocycles. The first-order valence-corrected chi connectivity index (χ1v) is 6.52. The van der Waals surface area contributed by atoms with Crippen LogP contribution in [0.1, 0.15) is 16.8 Å². The van der Waals surface area contributed by atoms with E-state index in [0.29, 0.717) is 5.15 Å². The summed E-state index contributed by atoms with van der Waals surface area (Å²) in [4.78, 5) is 4.11. The first-order valence-electron chi connectivity index (χ1n) is 6.14. The molecule has 1 atom stereocenters. The van der Waals surface area contributed by atoms with Crippen LogP contribution in [0.25, 0.3) is 0 Å². The minimum Gasteiger partial charge on any atom is -0.271 e. The van der Waals surface area contributed by atoms with Crippen molar-refractivity contribution in [3.05, 3.63) is 46.5 Å². The Balaban J connectivity index is 2.11. The number of nitrogens with zero attached hydrogens (tertiary/aromatic N) is 3. The summed E-state index contributed by atoms with van der Waals surface area (Å²) in [6.45, 7) is 1.96. The zero-order valence-electron chi connectivity index (χ0n) is 11.1. The molecule has 6 heteroatoms. The van der Waals surface area contributed by atoms with Crippen molar-refractivity contribution in [3.63, 3.8) is 0 Å². The SMILES string of the molecule is Cc1nn(C)c(Cl)c1CC(Cc1cccnc1)NN. The van der Waals surface area contributed by atoms with Crippen molar-refractivity contribution in [1.82, 2.24) is 20.2 Å². The molecule has 0 aliphatic carbocycles. The summed E-state index contributed by atoms with van der Waals surface area (Å²) in [5.41, 5.74) is 5.96. The Kier molecular flexibility index (Phi) is 4.52. The molecule has 2 aromatic rings. The fraction of sp³-hybridized carbons (Fsp3) is 0.385. The molecule has 0 aromatic carbocycles. The molecule has 5 nitrogen and oxygen atoms in total. The van der Waals surface area contributed by atoms with Gasteiger partial charge in [0.05, 0.1) is 5.69 Å². The van der Waals surface area contributed by atoms with Crippen molar-refractivity contribution >= 4 is 11.6 Å². The van der Waals surface area contributed by atoms with Crippen LogP contribution in [0.4, 0.5) is 0 Å². The smallest absolute Gasteiger partial charge is 0.130 e. The molecule has 2 aromatic heterocycles. The third-order valence-corrected chi connectivity index (χ3v) is 3.63. The standard InChI is InChI=1S/C13H18ClN5/c1-9-12(13(14)19(2)18-9)7-11(17-15)6-10-4-3-5-16-8-10/h3-5,8,11,17H,6-7,15H2,1-2H3. The number of hydrogen-bond donors (Lipinski definition) is 2. The Morgan fingerprint density at radius 2 is 2.26 bits per heavy atom. The predicted octanol–water partition coefficient (Wildman–Crippen LogP) is 1.39. The lowest BCUT2D eigenvalue weighted by molar-refractivity contribution is 0.521. The maximum atomic E-state index is 6.24. The highest BCUT2D eigenvalue weighted by Crippen LogP contribution is 2.21. The molecule has 3 N–H and O–H groups in total. The van der Waals surface area contributed by atoms with Crippen molar-refractivity contribution in [2.24, 2.45) is 12.9 Å². The van der Waals surface area contributed by atoms with Crippen LogP contribution in [0.3, 0.4) is 0 Å². The van der Waals surface area contributed by atoms with Crippen LogP contribution in [0, 0.1) is 6.92 Å². The van der Waals surface area contributed by atoms with Gasteiger partial charge in [0.25, 0.3) is 0 Å². The van der Waals surface area contributed by atoms with Crippen LogP contribution in [-0.4, -0.2) is 20.8 Å². The lowest BCUT2D eigenvalue weighted by Gasteiger charge is -2.15. The van der Waals surface area contributed by atoms with Gasteiger partial charge in [-0.2, -0.15) is 5.10 Å². The molecule has 2 rings (SSSR count). The quantitative estimate of drug-likeness (QED) is 0.641. The van der Waals surface area contributed by atoms with E-state index in [0.717, 1.165) is 29.7 Å². The predicted molar refractivity (Wildman–Crippen MR) is 75.7 cm³/mol. The third-order valence-electron chi connectivity index (χ3n) is 3.16. The number of pyridine rings is 1. The number of nitrogens with one attached hydrogen (secondary N) is 1. The Morgan fingerprint density at radius 3 is 2.79 bits per heavy atom. The first-order chi connectivity index (χ1) is 9.11. The van der Waals surface area contributed by atoms with Gasteiger partial charge in [-0.1, -0.05) is 17.7 Å². The van der Waals surface area contributed by atoms with Gasteiger partial charge in [0.2, 0.25) is 0 Å². The molecule has 0 fully saturated rings. The third kappa shape index (κ3) is 3.32. The maximum absolute atomic E-state index is 6.24. The molecule has 0 radical (unpaired) electrons. The molecule has 2 heterocycles. The van der Waals surface area contributed by atoms with Crippen LogP contribution in [0.2, 0.25) is 5.15 Å². The van der Waals surface area contributed by atoms with E-state index < -0.39 is 0 Å². The molecule has 0 saturated heterocycles. The number of aromatic nitrogens is 3. The molecule has 0 amide bonds. The summed E-state index contributed by atoms with van der Waals surface area (Å²) >= 11 is 6.24. The topological polar surface area (TPSA) is 68.8 Å². The van der Waals surface area contributed by atoms with Gasteiger partial charge in [0.1, 0.15) is 5.15 Å². The minimum absolute atomic E-state index is 0.101. The normalized spacial score (nSPS) is 12.6. The van der Waals surface area contributed by atoms with Gasteiger partial charge in [-0.15, -0.1) is 0 Å².